The molecule has 0 aromatic heterocycles. The number of amides is 1. The van der Waals surface area contributed by atoms with Crippen LogP contribution >= 0.6 is 24.0 Å². The zero-order valence-corrected chi connectivity index (χ0v) is 19.3. The summed E-state index contributed by atoms with van der Waals surface area (Å²) in [6.45, 7) is 9.88. The van der Waals surface area contributed by atoms with Crippen molar-refractivity contribution >= 4 is 49.9 Å². The molecule has 1 aromatic rings. The summed E-state index contributed by atoms with van der Waals surface area (Å²) in [4.78, 5) is 14.9. The molecule has 28 heavy (non-hydrogen) atoms. The Hall–Kier alpha value is -1.16. The highest BCUT2D eigenvalue weighted by Gasteiger charge is 2.25. The van der Waals surface area contributed by atoms with Crippen molar-refractivity contribution in [3.63, 3.8) is 0 Å². The summed E-state index contributed by atoms with van der Waals surface area (Å²) in [6, 6.07) is 4.99. The molecule has 1 aromatic carbocycles. The summed E-state index contributed by atoms with van der Waals surface area (Å²) < 4.78 is 27.9. The number of benzene rings is 1. The first kappa shape index (κ1) is 23.1. The van der Waals surface area contributed by atoms with Gasteiger partial charge in [0.05, 0.1) is 10.1 Å². The average Bonchev–Trinajstić information content (AvgIpc) is 3.18. The van der Waals surface area contributed by atoms with Gasteiger partial charge in [-0.2, -0.15) is 4.31 Å². The Labute approximate surface area is 178 Å². The maximum Gasteiger partial charge on any atom is 0.243 e. The molecule has 1 amide bonds. The van der Waals surface area contributed by atoms with E-state index in [4.69, 9.17) is 12.2 Å². The van der Waals surface area contributed by atoms with E-state index >= 15 is 0 Å². The van der Waals surface area contributed by atoms with Gasteiger partial charge in [0, 0.05) is 31.9 Å². The molecule has 2 rings (SSSR count). The third-order valence-corrected chi connectivity index (χ3v) is 8.56. The number of hydrogen-bond donors (Lipinski definition) is 1. The van der Waals surface area contributed by atoms with Gasteiger partial charge in [-0.25, -0.2) is 8.42 Å². The number of nitrogens with zero attached hydrogens (tertiary/aromatic N) is 2. The van der Waals surface area contributed by atoms with Crippen LogP contribution in [-0.4, -0.2) is 59.3 Å². The number of carbonyl (C=O) groups excluding carboxylic acids is 1. The Morgan fingerprint density at radius 2 is 1.89 bits per heavy atom. The Kier molecular flexibility index (Phi) is 8.30. The van der Waals surface area contributed by atoms with Crippen molar-refractivity contribution in [2.75, 3.05) is 31.5 Å². The van der Waals surface area contributed by atoms with Crippen molar-refractivity contribution in [3.8, 4) is 0 Å². The molecular formula is C19H29N3O3S3. The summed E-state index contributed by atoms with van der Waals surface area (Å²) in [5.41, 5.74) is 1.13. The summed E-state index contributed by atoms with van der Waals surface area (Å²) in [5, 5.41) is 2.47. The molecule has 9 heteroatoms. The molecule has 1 aliphatic heterocycles. The minimum Gasteiger partial charge on any atom is -0.358 e. The normalized spacial score (nSPS) is 15.7. The zero-order valence-electron chi connectivity index (χ0n) is 16.9. The third-order valence-electron chi connectivity index (χ3n) is 4.79. The number of thiocarbonyl (C=S) groups is 1. The lowest BCUT2D eigenvalue weighted by Gasteiger charge is -2.21. The van der Waals surface area contributed by atoms with E-state index in [-0.39, 0.29) is 16.1 Å². The predicted molar refractivity (Wildman–Crippen MR) is 120 cm³/mol. The van der Waals surface area contributed by atoms with Crippen molar-refractivity contribution in [3.05, 3.63) is 23.8 Å². The highest BCUT2D eigenvalue weighted by atomic mass is 32.2. The minimum absolute atomic E-state index is 0.193. The topological polar surface area (TPSA) is 69.7 Å². The lowest BCUT2D eigenvalue weighted by atomic mass is 10.2. The summed E-state index contributed by atoms with van der Waals surface area (Å²) in [5.74, 6) is -0.193. The van der Waals surface area contributed by atoms with E-state index in [1.54, 1.807) is 19.1 Å². The summed E-state index contributed by atoms with van der Waals surface area (Å²) in [6.07, 6.45) is 2.27. The molecule has 1 saturated heterocycles. The monoisotopic (exact) mass is 443 g/mol. The fourth-order valence-electron chi connectivity index (χ4n) is 3.08. The number of hydrogen-bond acceptors (Lipinski definition) is 5. The second-order valence-electron chi connectivity index (χ2n) is 6.78. The van der Waals surface area contributed by atoms with Gasteiger partial charge in [0.15, 0.2) is 0 Å². The first-order valence-corrected chi connectivity index (χ1v) is 12.3. The zero-order chi connectivity index (χ0) is 20.9. The van der Waals surface area contributed by atoms with Crippen LogP contribution < -0.4 is 5.32 Å². The fraction of sp³-hybridized carbons (Fsp3) is 0.579. The lowest BCUT2D eigenvalue weighted by Crippen LogP contribution is -2.31. The van der Waals surface area contributed by atoms with Crippen LogP contribution in [0.2, 0.25) is 0 Å². The second-order valence-corrected chi connectivity index (χ2v) is 10.7. The highest BCUT2D eigenvalue weighted by molar-refractivity contribution is 8.23. The second kappa shape index (κ2) is 10.0. The van der Waals surface area contributed by atoms with Crippen LogP contribution in [0.3, 0.4) is 0 Å². The number of anilines is 1. The van der Waals surface area contributed by atoms with E-state index in [0.717, 1.165) is 30.3 Å². The minimum atomic E-state index is -3.59. The van der Waals surface area contributed by atoms with E-state index < -0.39 is 10.0 Å². The van der Waals surface area contributed by atoms with E-state index in [1.807, 2.05) is 20.8 Å². The van der Waals surface area contributed by atoms with Gasteiger partial charge in [0.1, 0.15) is 4.32 Å². The molecule has 6 nitrogen and oxygen atoms in total. The molecular weight excluding hydrogens is 414 g/mol. The van der Waals surface area contributed by atoms with Crippen LogP contribution in [0, 0.1) is 6.92 Å². The summed E-state index contributed by atoms with van der Waals surface area (Å²) in [7, 11) is -3.59. The highest BCUT2D eigenvalue weighted by Crippen LogP contribution is 2.25. The Balaban J connectivity index is 2.11. The van der Waals surface area contributed by atoms with Crippen LogP contribution in [0.1, 0.15) is 39.2 Å². The predicted octanol–water partition coefficient (Wildman–Crippen LogP) is 3.47. The van der Waals surface area contributed by atoms with Gasteiger partial charge in [-0.15, -0.1) is 0 Å². The molecule has 0 radical (unpaired) electrons. The van der Waals surface area contributed by atoms with Gasteiger partial charge in [-0.05, 0) is 44.4 Å². The molecule has 0 spiro atoms. The Morgan fingerprint density at radius 1 is 1.29 bits per heavy atom. The number of nitrogens with one attached hydrogen (secondary N) is 1. The standard InChI is InChI=1S/C19H29N3O3S3/c1-5-22(6-2)28(24,25)17-13-16(10-9-14(17)3)20-18(23)15(4)27-19(26)21-11-7-8-12-21/h9-10,13,15H,5-8,11-12H2,1-4H3,(H,20,23). The first-order valence-electron chi connectivity index (χ1n) is 9.57. The molecule has 1 atom stereocenters. The molecule has 0 bridgehead atoms. The number of sulfonamides is 1. The number of thioether (sulfide) groups is 1. The molecule has 1 heterocycles. The Bertz CT molecular complexity index is 817. The number of likely N-dealkylation sites (tertiary alicyclic amines) is 1. The van der Waals surface area contributed by atoms with E-state index in [2.05, 4.69) is 10.2 Å². The number of rotatable bonds is 7. The lowest BCUT2D eigenvalue weighted by molar-refractivity contribution is -0.115. The number of carbonyl (C=O) groups is 1. The largest absolute Gasteiger partial charge is 0.358 e. The quantitative estimate of drug-likeness (QED) is 0.651. The van der Waals surface area contributed by atoms with Gasteiger partial charge in [0.25, 0.3) is 0 Å². The van der Waals surface area contributed by atoms with E-state index in [1.165, 1.54) is 22.1 Å². The van der Waals surface area contributed by atoms with Crippen LogP contribution in [0.4, 0.5) is 5.69 Å². The number of aryl methyl sites for hydroxylation is 1. The fourth-order valence-corrected chi connectivity index (χ4v) is 6.21. The van der Waals surface area contributed by atoms with E-state index in [9.17, 15) is 13.2 Å². The van der Waals surface area contributed by atoms with Gasteiger partial charge >= 0.3 is 0 Å². The molecule has 1 unspecified atom stereocenters. The van der Waals surface area contributed by atoms with Crippen molar-refractivity contribution < 1.29 is 13.2 Å². The smallest absolute Gasteiger partial charge is 0.243 e. The molecule has 0 saturated carbocycles. The van der Waals surface area contributed by atoms with Gasteiger partial charge in [0.2, 0.25) is 15.9 Å². The van der Waals surface area contributed by atoms with Crippen LogP contribution in [0.25, 0.3) is 0 Å². The Morgan fingerprint density at radius 3 is 2.46 bits per heavy atom. The molecule has 1 aliphatic rings. The SMILES string of the molecule is CCN(CC)S(=O)(=O)c1cc(NC(=O)C(C)SC(=S)N2CCCC2)ccc1C. The van der Waals surface area contributed by atoms with Crippen molar-refractivity contribution in [1.82, 2.24) is 9.21 Å². The maximum atomic E-state index is 12.9. The first-order chi connectivity index (χ1) is 13.2. The molecule has 156 valence electrons. The van der Waals surface area contributed by atoms with Gasteiger partial charge in [-0.1, -0.05) is 43.9 Å². The maximum absolute atomic E-state index is 12.9. The van der Waals surface area contributed by atoms with Gasteiger partial charge in [-0.3, -0.25) is 4.79 Å². The molecule has 1 fully saturated rings. The summed E-state index contributed by atoms with van der Waals surface area (Å²) >= 11 is 6.81. The van der Waals surface area contributed by atoms with Crippen LogP contribution in [0.15, 0.2) is 23.1 Å². The van der Waals surface area contributed by atoms with Gasteiger partial charge < -0.3 is 10.2 Å². The van der Waals surface area contributed by atoms with Crippen molar-refractivity contribution in [2.45, 2.75) is 50.7 Å². The van der Waals surface area contributed by atoms with Crippen molar-refractivity contribution in [2.24, 2.45) is 0 Å². The van der Waals surface area contributed by atoms with Crippen LogP contribution in [-0.2, 0) is 14.8 Å². The van der Waals surface area contributed by atoms with E-state index in [0.29, 0.717) is 24.3 Å². The third kappa shape index (κ3) is 5.46. The average molecular weight is 444 g/mol. The molecule has 0 aliphatic carbocycles. The van der Waals surface area contributed by atoms with Crippen LogP contribution in [0.5, 0.6) is 0 Å². The van der Waals surface area contributed by atoms with Crippen molar-refractivity contribution in [1.29, 1.82) is 0 Å². The molecule has 1 N–H and O–H groups in total.